The van der Waals surface area contributed by atoms with Gasteiger partial charge in [-0.2, -0.15) is 5.10 Å². The zero-order valence-electron chi connectivity index (χ0n) is 19.1. The number of methoxy groups -OCH3 is 2. The summed E-state index contributed by atoms with van der Waals surface area (Å²) in [7, 11) is 2.93. The molecule has 3 aromatic rings. The lowest BCUT2D eigenvalue weighted by Gasteiger charge is -2.10. The maximum Gasteiger partial charge on any atom is 0.343 e. The average Bonchev–Trinajstić information content (AvgIpc) is 2.88. The number of carbonyl (C=O) groups is 2. The highest BCUT2D eigenvalue weighted by atomic mass is 79.9. The first-order chi connectivity index (χ1) is 17.3. The summed E-state index contributed by atoms with van der Waals surface area (Å²) >= 11 is 3.16. The largest absolute Gasteiger partial charge is 0.497 e. The van der Waals surface area contributed by atoms with Gasteiger partial charge in [0.05, 0.1) is 35.4 Å². The number of ether oxygens (including phenoxy) is 4. The Kier molecular flexibility index (Phi) is 8.95. The molecule has 0 aromatic heterocycles. The molecule has 0 aliphatic carbocycles. The Morgan fingerprint density at radius 3 is 2.50 bits per heavy atom. The molecule has 0 saturated heterocycles. The van der Waals surface area contributed by atoms with Crippen LogP contribution in [-0.4, -0.2) is 43.8 Å². The minimum atomic E-state index is -0.583. The monoisotopic (exact) mass is 557 g/mol. The number of non-ortho nitro benzene ring substituents is 1. The second-order valence-electron chi connectivity index (χ2n) is 6.99. The number of halogens is 1. The second-order valence-corrected chi connectivity index (χ2v) is 7.84. The maximum atomic E-state index is 12.5. The Labute approximate surface area is 213 Å². The Morgan fingerprint density at radius 1 is 1.03 bits per heavy atom. The lowest BCUT2D eigenvalue weighted by Crippen LogP contribution is -2.24. The number of benzene rings is 3. The van der Waals surface area contributed by atoms with Crippen molar-refractivity contribution in [3.8, 4) is 23.0 Å². The van der Waals surface area contributed by atoms with E-state index >= 15 is 0 Å². The number of nitrogens with one attached hydrogen (secondary N) is 1. The Balaban J connectivity index is 1.57. The number of hydrogen-bond acceptors (Lipinski definition) is 9. The van der Waals surface area contributed by atoms with Gasteiger partial charge in [0.1, 0.15) is 11.5 Å². The Hall–Kier alpha value is -4.45. The maximum absolute atomic E-state index is 12.5. The van der Waals surface area contributed by atoms with Gasteiger partial charge >= 0.3 is 5.97 Å². The van der Waals surface area contributed by atoms with Crippen LogP contribution in [0.2, 0.25) is 0 Å². The highest BCUT2D eigenvalue weighted by Crippen LogP contribution is 2.30. The highest BCUT2D eigenvalue weighted by Gasteiger charge is 2.14. The van der Waals surface area contributed by atoms with Gasteiger partial charge in [0.15, 0.2) is 18.1 Å². The molecular weight excluding hydrogens is 538 g/mol. The molecule has 0 fully saturated rings. The number of rotatable bonds is 10. The fourth-order valence-electron chi connectivity index (χ4n) is 2.83. The van der Waals surface area contributed by atoms with E-state index in [-0.39, 0.29) is 29.5 Å². The molecule has 186 valence electrons. The summed E-state index contributed by atoms with van der Waals surface area (Å²) in [6.45, 7) is -0.365. The molecule has 0 aliphatic rings. The average molecular weight is 558 g/mol. The van der Waals surface area contributed by atoms with Crippen molar-refractivity contribution in [3.05, 3.63) is 86.4 Å². The molecule has 11 nitrogen and oxygen atoms in total. The lowest BCUT2D eigenvalue weighted by molar-refractivity contribution is -0.385. The number of amides is 1. The van der Waals surface area contributed by atoms with Crippen LogP contribution in [0.4, 0.5) is 5.69 Å². The summed E-state index contributed by atoms with van der Waals surface area (Å²) in [4.78, 5) is 34.7. The normalized spacial score (nSPS) is 10.5. The van der Waals surface area contributed by atoms with Gasteiger partial charge < -0.3 is 18.9 Å². The molecule has 0 saturated carbocycles. The van der Waals surface area contributed by atoms with E-state index in [1.165, 1.54) is 44.7 Å². The predicted octanol–water partition coefficient (Wildman–Crippen LogP) is 4.12. The summed E-state index contributed by atoms with van der Waals surface area (Å²) < 4.78 is 21.5. The molecule has 0 atom stereocenters. The molecule has 0 radical (unpaired) electrons. The van der Waals surface area contributed by atoms with Crippen molar-refractivity contribution in [1.29, 1.82) is 0 Å². The molecule has 1 amide bonds. The molecule has 36 heavy (non-hydrogen) atoms. The Morgan fingerprint density at radius 2 is 1.81 bits per heavy atom. The third kappa shape index (κ3) is 7.03. The lowest BCUT2D eigenvalue weighted by atomic mass is 10.2. The first-order valence-electron chi connectivity index (χ1n) is 10.2. The van der Waals surface area contributed by atoms with Crippen LogP contribution < -0.4 is 24.4 Å². The number of hydrogen-bond donors (Lipinski definition) is 1. The molecule has 0 bridgehead atoms. The Bertz CT molecular complexity index is 1310. The molecule has 3 aromatic carbocycles. The van der Waals surface area contributed by atoms with Crippen LogP contribution in [0.15, 0.2) is 70.2 Å². The van der Waals surface area contributed by atoms with E-state index in [1.807, 2.05) is 0 Å². The van der Waals surface area contributed by atoms with Crippen molar-refractivity contribution in [2.45, 2.75) is 0 Å². The number of carbonyl (C=O) groups excluding carboxylic acids is 2. The molecule has 3 rings (SSSR count). The van der Waals surface area contributed by atoms with E-state index in [2.05, 4.69) is 26.5 Å². The summed E-state index contributed by atoms with van der Waals surface area (Å²) in [5, 5.41) is 14.6. The minimum Gasteiger partial charge on any atom is -0.497 e. The van der Waals surface area contributed by atoms with Crippen LogP contribution in [0.5, 0.6) is 23.0 Å². The molecule has 0 spiro atoms. The fraction of sp³-hybridized carbons (Fsp3) is 0.125. The number of esters is 1. The topological polar surface area (TPSA) is 139 Å². The van der Waals surface area contributed by atoms with Gasteiger partial charge in [0.2, 0.25) is 0 Å². The molecule has 0 aliphatic heterocycles. The first-order valence-corrected chi connectivity index (χ1v) is 11.0. The number of nitro groups is 1. The minimum absolute atomic E-state index is 0.111. The van der Waals surface area contributed by atoms with Crippen molar-refractivity contribution < 1.29 is 33.5 Å². The summed E-state index contributed by atoms with van der Waals surface area (Å²) in [6.07, 6.45) is 1.37. The zero-order valence-corrected chi connectivity index (χ0v) is 20.7. The quantitative estimate of drug-likeness (QED) is 0.129. The second kappa shape index (κ2) is 12.3. The van der Waals surface area contributed by atoms with Crippen molar-refractivity contribution in [1.82, 2.24) is 5.43 Å². The summed E-state index contributed by atoms with van der Waals surface area (Å²) in [6, 6.07) is 15.2. The molecule has 1 N–H and O–H groups in total. The van der Waals surface area contributed by atoms with Crippen molar-refractivity contribution in [2.24, 2.45) is 5.10 Å². The highest BCUT2D eigenvalue weighted by molar-refractivity contribution is 9.10. The number of nitrogens with zero attached hydrogens (tertiary/aromatic N) is 2. The van der Waals surface area contributed by atoms with Gasteiger partial charge in [0, 0.05) is 12.1 Å². The van der Waals surface area contributed by atoms with Gasteiger partial charge in [-0.25, -0.2) is 10.2 Å². The van der Waals surface area contributed by atoms with Gasteiger partial charge in [0.25, 0.3) is 11.6 Å². The van der Waals surface area contributed by atoms with E-state index in [0.29, 0.717) is 21.3 Å². The van der Waals surface area contributed by atoms with Gasteiger partial charge in [-0.05, 0) is 64.0 Å². The van der Waals surface area contributed by atoms with Gasteiger partial charge in [-0.3, -0.25) is 14.9 Å². The van der Waals surface area contributed by atoms with Crippen LogP contribution >= 0.6 is 15.9 Å². The summed E-state index contributed by atoms with van der Waals surface area (Å²) in [5.74, 6) is 0.147. The van der Waals surface area contributed by atoms with Crippen LogP contribution in [-0.2, 0) is 4.79 Å². The molecule has 0 unspecified atom stereocenters. The van der Waals surface area contributed by atoms with Crippen LogP contribution in [0, 0.1) is 10.1 Å². The predicted molar refractivity (Wildman–Crippen MR) is 133 cm³/mol. The molecular formula is C24H20BrN3O8. The summed E-state index contributed by atoms with van der Waals surface area (Å²) in [5.41, 5.74) is 3.07. The van der Waals surface area contributed by atoms with Crippen molar-refractivity contribution in [3.63, 3.8) is 0 Å². The van der Waals surface area contributed by atoms with Gasteiger partial charge in [-0.1, -0.05) is 6.07 Å². The van der Waals surface area contributed by atoms with Crippen molar-refractivity contribution >= 4 is 39.7 Å². The van der Waals surface area contributed by atoms with Crippen LogP contribution in [0.1, 0.15) is 15.9 Å². The van der Waals surface area contributed by atoms with E-state index in [9.17, 15) is 19.7 Å². The smallest absolute Gasteiger partial charge is 0.343 e. The standard InChI is InChI=1S/C24H20BrN3O8/c1-33-18-5-3-4-16(11-18)24(30)36-21-8-6-15(10-22(21)34-2)13-26-27-23(29)14-35-20-9-7-17(28(31)32)12-19(20)25/h3-13H,14H2,1-2H3,(H,27,29)/b26-13-. The first kappa shape index (κ1) is 26.2. The zero-order chi connectivity index (χ0) is 26.1. The molecule has 12 heteroatoms. The number of nitro benzene ring substituents is 1. The van der Waals surface area contributed by atoms with E-state index < -0.39 is 16.8 Å². The van der Waals surface area contributed by atoms with Crippen molar-refractivity contribution in [2.75, 3.05) is 20.8 Å². The number of hydrazone groups is 1. The third-order valence-corrected chi connectivity index (χ3v) is 5.20. The third-order valence-electron chi connectivity index (χ3n) is 4.58. The fourth-order valence-corrected chi connectivity index (χ4v) is 3.31. The SMILES string of the molecule is COc1cccc(C(=O)Oc2ccc(/C=N\NC(=O)COc3ccc([N+](=O)[O-])cc3Br)cc2OC)c1. The van der Waals surface area contributed by atoms with E-state index in [4.69, 9.17) is 18.9 Å². The van der Waals surface area contributed by atoms with Gasteiger partial charge in [-0.15, -0.1) is 0 Å². The van der Waals surface area contributed by atoms with Crippen LogP contribution in [0.3, 0.4) is 0 Å². The van der Waals surface area contributed by atoms with E-state index in [0.717, 1.165) is 0 Å². The van der Waals surface area contributed by atoms with Crippen LogP contribution in [0.25, 0.3) is 0 Å². The molecule has 0 heterocycles. The van der Waals surface area contributed by atoms with E-state index in [1.54, 1.807) is 36.4 Å².